The van der Waals surface area contributed by atoms with Crippen molar-refractivity contribution in [2.75, 3.05) is 24.2 Å². The number of thioether (sulfide) groups is 1. The molecule has 1 atom stereocenters. The van der Waals surface area contributed by atoms with E-state index in [1.165, 1.54) is 24.8 Å². The van der Waals surface area contributed by atoms with Crippen LogP contribution >= 0.6 is 11.8 Å². The predicted octanol–water partition coefficient (Wildman–Crippen LogP) is 3.77. The molecule has 0 radical (unpaired) electrons. The van der Waals surface area contributed by atoms with Gasteiger partial charge in [0.15, 0.2) is 0 Å². The van der Waals surface area contributed by atoms with Gasteiger partial charge in [-0.3, -0.25) is 9.59 Å². The summed E-state index contributed by atoms with van der Waals surface area (Å²) in [4.78, 5) is 27.6. The molecular weight excluding hydrogens is 332 g/mol. The van der Waals surface area contributed by atoms with Crippen LogP contribution < -0.4 is 10.2 Å². The highest BCUT2D eigenvalue weighted by molar-refractivity contribution is 7.98. The summed E-state index contributed by atoms with van der Waals surface area (Å²) >= 11 is 1.65. The molecule has 0 bridgehead atoms. The summed E-state index contributed by atoms with van der Waals surface area (Å²) in [5.41, 5.74) is 2.35. The fraction of sp³-hybridized carbons (Fsp3) is 0.500. The molecule has 0 unspecified atom stereocenters. The Kier molecular flexibility index (Phi) is 6.19. The van der Waals surface area contributed by atoms with Gasteiger partial charge in [0.25, 0.3) is 0 Å². The van der Waals surface area contributed by atoms with Gasteiger partial charge in [0.2, 0.25) is 11.8 Å². The van der Waals surface area contributed by atoms with E-state index in [9.17, 15) is 9.59 Å². The molecule has 1 aromatic carbocycles. The SMILES string of the molecule is CSc1cccc(N2C[C@H](C(=O)NCCC3=CCCCC3)CC2=O)c1. The number of rotatable bonds is 6. The standard InChI is InChI=1S/C20H26N2O2S/c1-25-18-9-5-8-17(13-18)22-14-16(12-19(22)23)20(24)21-11-10-15-6-3-2-4-7-15/h5-6,8-9,13,16H,2-4,7,10-12,14H2,1H3,(H,21,24)/t16-/m1/s1. The molecule has 1 aromatic rings. The smallest absolute Gasteiger partial charge is 0.227 e. The highest BCUT2D eigenvalue weighted by atomic mass is 32.2. The van der Waals surface area contributed by atoms with Gasteiger partial charge >= 0.3 is 0 Å². The maximum atomic E-state index is 12.4. The van der Waals surface area contributed by atoms with Gasteiger partial charge in [-0.05, 0) is 56.6 Å². The monoisotopic (exact) mass is 358 g/mol. The molecule has 2 aliphatic rings. The molecule has 0 spiro atoms. The van der Waals surface area contributed by atoms with Gasteiger partial charge in [0.1, 0.15) is 0 Å². The Bertz CT molecular complexity index is 671. The molecule has 2 amide bonds. The highest BCUT2D eigenvalue weighted by Gasteiger charge is 2.35. The average molecular weight is 359 g/mol. The topological polar surface area (TPSA) is 49.4 Å². The van der Waals surface area contributed by atoms with Crippen LogP contribution in [-0.4, -0.2) is 31.2 Å². The number of carbonyl (C=O) groups is 2. The van der Waals surface area contributed by atoms with Crippen molar-refractivity contribution < 1.29 is 9.59 Å². The van der Waals surface area contributed by atoms with Crippen LogP contribution in [0.3, 0.4) is 0 Å². The van der Waals surface area contributed by atoms with Crippen LogP contribution in [0.4, 0.5) is 5.69 Å². The van der Waals surface area contributed by atoms with Crippen molar-refractivity contribution in [2.24, 2.45) is 5.92 Å². The molecular formula is C20H26N2O2S. The van der Waals surface area contributed by atoms with Crippen LogP contribution in [0, 0.1) is 5.92 Å². The molecule has 1 saturated heterocycles. The van der Waals surface area contributed by atoms with Gasteiger partial charge in [0, 0.05) is 30.1 Å². The van der Waals surface area contributed by atoms with E-state index in [2.05, 4.69) is 11.4 Å². The first kappa shape index (κ1) is 18.1. The lowest BCUT2D eigenvalue weighted by atomic mass is 9.97. The maximum absolute atomic E-state index is 12.4. The Labute approximate surface area is 154 Å². The second kappa shape index (κ2) is 8.56. The molecule has 25 heavy (non-hydrogen) atoms. The van der Waals surface area contributed by atoms with Gasteiger partial charge in [-0.25, -0.2) is 0 Å². The Morgan fingerprint density at radius 3 is 3.00 bits per heavy atom. The third-order valence-corrected chi connectivity index (χ3v) is 5.72. The average Bonchev–Trinajstić information content (AvgIpc) is 3.04. The van der Waals surface area contributed by atoms with E-state index in [4.69, 9.17) is 0 Å². The van der Waals surface area contributed by atoms with Gasteiger partial charge in [-0.1, -0.05) is 17.7 Å². The lowest BCUT2D eigenvalue weighted by Gasteiger charge is -2.17. The Morgan fingerprint density at radius 1 is 1.36 bits per heavy atom. The molecule has 4 nitrogen and oxygen atoms in total. The van der Waals surface area contributed by atoms with Gasteiger partial charge < -0.3 is 10.2 Å². The zero-order valence-corrected chi connectivity index (χ0v) is 15.6. The zero-order chi connectivity index (χ0) is 17.6. The zero-order valence-electron chi connectivity index (χ0n) is 14.8. The molecule has 0 aromatic heterocycles. The third kappa shape index (κ3) is 4.66. The summed E-state index contributed by atoms with van der Waals surface area (Å²) in [6, 6.07) is 7.93. The largest absolute Gasteiger partial charge is 0.355 e. The minimum Gasteiger partial charge on any atom is -0.355 e. The van der Waals surface area contributed by atoms with Crippen molar-refractivity contribution in [2.45, 2.75) is 43.4 Å². The van der Waals surface area contributed by atoms with E-state index in [1.54, 1.807) is 16.7 Å². The number of allylic oxidation sites excluding steroid dienone is 1. The Balaban J connectivity index is 1.52. The third-order valence-electron chi connectivity index (χ3n) is 4.99. The summed E-state index contributed by atoms with van der Waals surface area (Å²) in [6.45, 7) is 1.16. The van der Waals surface area contributed by atoms with E-state index in [0.29, 0.717) is 19.5 Å². The molecule has 1 N–H and O–H groups in total. The van der Waals surface area contributed by atoms with E-state index in [0.717, 1.165) is 23.4 Å². The molecule has 1 aliphatic carbocycles. The number of hydrogen-bond acceptors (Lipinski definition) is 3. The minimum atomic E-state index is -0.245. The molecule has 134 valence electrons. The molecule has 5 heteroatoms. The lowest BCUT2D eigenvalue weighted by molar-refractivity contribution is -0.126. The van der Waals surface area contributed by atoms with Gasteiger partial charge in [-0.15, -0.1) is 11.8 Å². The first-order chi connectivity index (χ1) is 12.2. The molecule has 1 heterocycles. The van der Waals surface area contributed by atoms with Crippen LogP contribution in [0.15, 0.2) is 40.8 Å². The summed E-state index contributed by atoms with van der Waals surface area (Å²) in [7, 11) is 0. The summed E-state index contributed by atoms with van der Waals surface area (Å²) in [5, 5.41) is 3.02. The van der Waals surface area contributed by atoms with Crippen molar-refractivity contribution in [3.05, 3.63) is 35.9 Å². The van der Waals surface area contributed by atoms with Crippen molar-refractivity contribution >= 4 is 29.3 Å². The molecule has 0 saturated carbocycles. The normalized spacial score (nSPS) is 20.5. The van der Waals surface area contributed by atoms with Gasteiger partial charge in [-0.2, -0.15) is 0 Å². The number of amides is 2. The second-order valence-corrected chi connectivity index (χ2v) is 7.64. The maximum Gasteiger partial charge on any atom is 0.227 e. The molecule has 1 fully saturated rings. The summed E-state index contributed by atoms with van der Waals surface area (Å²) in [6.07, 6.45) is 10.5. The number of benzene rings is 1. The van der Waals surface area contributed by atoms with Crippen molar-refractivity contribution in [3.63, 3.8) is 0 Å². The van der Waals surface area contributed by atoms with Crippen molar-refractivity contribution in [1.29, 1.82) is 0 Å². The first-order valence-electron chi connectivity index (χ1n) is 9.07. The van der Waals surface area contributed by atoms with E-state index < -0.39 is 0 Å². The highest BCUT2D eigenvalue weighted by Crippen LogP contribution is 2.28. The fourth-order valence-electron chi connectivity index (χ4n) is 3.53. The molecule has 1 aliphatic heterocycles. The number of anilines is 1. The summed E-state index contributed by atoms with van der Waals surface area (Å²) in [5.74, 6) is -0.201. The van der Waals surface area contributed by atoms with Crippen LogP contribution in [0.2, 0.25) is 0 Å². The van der Waals surface area contributed by atoms with E-state index >= 15 is 0 Å². The Hall–Kier alpha value is -1.75. The van der Waals surface area contributed by atoms with Crippen LogP contribution in [0.25, 0.3) is 0 Å². The Morgan fingerprint density at radius 2 is 2.24 bits per heavy atom. The fourth-order valence-corrected chi connectivity index (χ4v) is 3.99. The van der Waals surface area contributed by atoms with Crippen LogP contribution in [-0.2, 0) is 9.59 Å². The van der Waals surface area contributed by atoms with Crippen LogP contribution in [0.5, 0.6) is 0 Å². The number of hydrogen-bond donors (Lipinski definition) is 1. The number of carbonyl (C=O) groups excluding carboxylic acids is 2. The second-order valence-electron chi connectivity index (χ2n) is 6.76. The lowest BCUT2D eigenvalue weighted by Crippen LogP contribution is -2.33. The minimum absolute atomic E-state index is 0.00767. The quantitative estimate of drug-likeness (QED) is 0.622. The number of nitrogens with zero attached hydrogens (tertiary/aromatic N) is 1. The van der Waals surface area contributed by atoms with Crippen molar-refractivity contribution in [1.82, 2.24) is 5.32 Å². The van der Waals surface area contributed by atoms with E-state index in [-0.39, 0.29) is 17.7 Å². The van der Waals surface area contributed by atoms with Gasteiger partial charge in [0.05, 0.1) is 5.92 Å². The predicted molar refractivity (Wildman–Crippen MR) is 103 cm³/mol. The first-order valence-corrected chi connectivity index (χ1v) is 10.3. The van der Waals surface area contributed by atoms with Crippen molar-refractivity contribution in [3.8, 4) is 0 Å². The van der Waals surface area contributed by atoms with Crippen LogP contribution in [0.1, 0.15) is 38.5 Å². The van der Waals surface area contributed by atoms with E-state index in [1.807, 2.05) is 30.5 Å². The summed E-state index contributed by atoms with van der Waals surface area (Å²) < 4.78 is 0. The molecule has 3 rings (SSSR count). The number of nitrogens with one attached hydrogen (secondary N) is 1.